The van der Waals surface area contributed by atoms with Crippen LogP contribution >= 0.6 is 23.7 Å². The van der Waals surface area contributed by atoms with Crippen molar-refractivity contribution in [3.8, 4) is 0 Å². The predicted molar refractivity (Wildman–Crippen MR) is 97.8 cm³/mol. The first kappa shape index (κ1) is 18.9. The Kier molecular flexibility index (Phi) is 6.74. The molecule has 1 fully saturated rings. The quantitative estimate of drug-likeness (QED) is 0.851. The molecule has 1 aliphatic heterocycles. The van der Waals surface area contributed by atoms with Gasteiger partial charge >= 0.3 is 0 Å². The van der Waals surface area contributed by atoms with E-state index in [1.165, 1.54) is 16.9 Å². The number of aromatic nitrogens is 1. The van der Waals surface area contributed by atoms with E-state index in [0.29, 0.717) is 18.8 Å². The Balaban J connectivity index is 0.00000208. The number of nitrogens with two attached hydrogens (primary N) is 1. The largest absolute Gasteiger partial charge is 0.381 e. The standard InChI is InChI=1S/C17H21N3O2S.ClH/c18-10-15-20-14(11-23-15)16(21)19-12-17(6-8-22-9-7-17)13-4-2-1-3-5-13;/h1-5,11H,6-10,12,18H2,(H,19,21);1H. The van der Waals surface area contributed by atoms with Crippen LogP contribution in [0.3, 0.4) is 0 Å². The third kappa shape index (κ3) is 4.13. The summed E-state index contributed by atoms with van der Waals surface area (Å²) < 4.78 is 5.52. The zero-order valence-electron chi connectivity index (χ0n) is 13.4. The van der Waals surface area contributed by atoms with Crippen LogP contribution in [0, 0.1) is 0 Å². The molecule has 0 bridgehead atoms. The molecule has 3 N–H and O–H groups in total. The number of rotatable bonds is 5. The van der Waals surface area contributed by atoms with Crippen molar-refractivity contribution in [3.05, 3.63) is 52.0 Å². The zero-order valence-corrected chi connectivity index (χ0v) is 15.0. The number of hydrogen-bond donors (Lipinski definition) is 2. The highest BCUT2D eigenvalue weighted by molar-refractivity contribution is 7.09. The second-order valence-electron chi connectivity index (χ2n) is 5.77. The number of hydrogen-bond acceptors (Lipinski definition) is 5. The van der Waals surface area contributed by atoms with Gasteiger partial charge in [0, 0.05) is 37.1 Å². The maximum atomic E-state index is 12.4. The minimum Gasteiger partial charge on any atom is -0.381 e. The molecule has 1 aromatic carbocycles. The first-order valence-corrected chi connectivity index (χ1v) is 8.67. The van der Waals surface area contributed by atoms with Gasteiger partial charge in [-0.15, -0.1) is 23.7 Å². The highest BCUT2D eigenvalue weighted by atomic mass is 35.5. The van der Waals surface area contributed by atoms with E-state index >= 15 is 0 Å². The molecule has 7 heteroatoms. The Bertz CT molecular complexity index is 657. The van der Waals surface area contributed by atoms with Crippen LogP contribution in [0.1, 0.15) is 33.9 Å². The van der Waals surface area contributed by atoms with E-state index in [1.807, 2.05) is 18.2 Å². The van der Waals surface area contributed by atoms with Crippen LogP contribution in [-0.4, -0.2) is 30.6 Å². The lowest BCUT2D eigenvalue weighted by Gasteiger charge is -2.37. The zero-order chi connectivity index (χ0) is 16.1. The summed E-state index contributed by atoms with van der Waals surface area (Å²) in [4.78, 5) is 16.6. The van der Waals surface area contributed by atoms with Gasteiger partial charge in [0.2, 0.25) is 0 Å². The van der Waals surface area contributed by atoms with E-state index in [4.69, 9.17) is 10.5 Å². The van der Waals surface area contributed by atoms with Crippen LogP contribution in [0.2, 0.25) is 0 Å². The van der Waals surface area contributed by atoms with Gasteiger partial charge in [0.25, 0.3) is 5.91 Å². The van der Waals surface area contributed by atoms with Crippen LogP contribution in [0.25, 0.3) is 0 Å². The molecule has 0 unspecified atom stereocenters. The molecule has 1 aromatic heterocycles. The average molecular weight is 368 g/mol. The number of nitrogens with one attached hydrogen (secondary N) is 1. The van der Waals surface area contributed by atoms with Gasteiger partial charge in [0.1, 0.15) is 10.7 Å². The average Bonchev–Trinajstić information content (AvgIpc) is 3.10. The summed E-state index contributed by atoms with van der Waals surface area (Å²) in [5.74, 6) is -0.136. The Hall–Kier alpha value is -1.47. The summed E-state index contributed by atoms with van der Waals surface area (Å²) >= 11 is 1.42. The number of halogens is 1. The number of ether oxygens (including phenoxy) is 1. The molecular weight excluding hydrogens is 346 g/mol. The number of carbonyl (C=O) groups is 1. The van der Waals surface area contributed by atoms with E-state index in [2.05, 4.69) is 22.4 Å². The molecule has 24 heavy (non-hydrogen) atoms. The molecule has 5 nitrogen and oxygen atoms in total. The van der Waals surface area contributed by atoms with Gasteiger partial charge in [-0.3, -0.25) is 4.79 Å². The third-order valence-electron chi connectivity index (χ3n) is 4.38. The van der Waals surface area contributed by atoms with Gasteiger partial charge in [0.15, 0.2) is 0 Å². The lowest BCUT2D eigenvalue weighted by molar-refractivity contribution is 0.0487. The minimum atomic E-state index is -0.136. The molecule has 0 aliphatic carbocycles. The summed E-state index contributed by atoms with van der Waals surface area (Å²) in [6, 6.07) is 10.4. The van der Waals surface area contributed by atoms with E-state index in [0.717, 1.165) is 31.1 Å². The summed E-state index contributed by atoms with van der Waals surface area (Å²) in [5.41, 5.74) is 7.19. The third-order valence-corrected chi connectivity index (χ3v) is 5.25. The van der Waals surface area contributed by atoms with Crippen LogP contribution < -0.4 is 11.1 Å². The first-order valence-electron chi connectivity index (χ1n) is 7.79. The van der Waals surface area contributed by atoms with Crippen molar-refractivity contribution in [2.75, 3.05) is 19.8 Å². The van der Waals surface area contributed by atoms with Crippen molar-refractivity contribution in [3.63, 3.8) is 0 Å². The van der Waals surface area contributed by atoms with Crippen molar-refractivity contribution in [1.29, 1.82) is 0 Å². The fourth-order valence-electron chi connectivity index (χ4n) is 2.97. The highest BCUT2D eigenvalue weighted by Gasteiger charge is 2.34. The van der Waals surface area contributed by atoms with Gasteiger partial charge in [-0.25, -0.2) is 4.98 Å². The lowest BCUT2D eigenvalue weighted by Crippen LogP contribution is -2.44. The molecule has 1 amide bonds. The number of nitrogens with zero attached hydrogens (tertiary/aromatic N) is 1. The Labute approximate surface area is 152 Å². The molecular formula is C17H22ClN3O2S. The van der Waals surface area contributed by atoms with E-state index < -0.39 is 0 Å². The Morgan fingerprint density at radius 3 is 2.62 bits per heavy atom. The van der Waals surface area contributed by atoms with Crippen LogP contribution in [0.5, 0.6) is 0 Å². The van der Waals surface area contributed by atoms with Crippen LogP contribution in [-0.2, 0) is 16.7 Å². The smallest absolute Gasteiger partial charge is 0.270 e. The van der Waals surface area contributed by atoms with Crippen molar-refractivity contribution in [1.82, 2.24) is 10.3 Å². The fraction of sp³-hybridized carbons (Fsp3) is 0.412. The normalized spacial score (nSPS) is 16.2. The molecule has 0 radical (unpaired) electrons. The predicted octanol–water partition coefficient (Wildman–Crippen LogP) is 2.50. The van der Waals surface area contributed by atoms with Crippen molar-refractivity contribution in [2.45, 2.75) is 24.8 Å². The SMILES string of the molecule is Cl.NCc1nc(C(=O)NCC2(c3ccccc3)CCOCC2)cs1. The molecule has 0 saturated carbocycles. The molecule has 0 spiro atoms. The molecule has 130 valence electrons. The molecule has 3 rings (SSSR count). The van der Waals surface area contributed by atoms with E-state index in [9.17, 15) is 4.79 Å². The number of amides is 1. The fourth-order valence-corrected chi connectivity index (χ4v) is 3.63. The molecule has 2 aromatic rings. The lowest BCUT2D eigenvalue weighted by atomic mass is 9.74. The molecule has 0 atom stereocenters. The maximum Gasteiger partial charge on any atom is 0.270 e. The first-order chi connectivity index (χ1) is 11.2. The van der Waals surface area contributed by atoms with E-state index in [1.54, 1.807) is 5.38 Å². The topological polar surface area (TPSA) is 77.2 Å². The summed E-state index contributed by atoms with van der Waals surface area (Å²) in [7, 11) is 0. The van der Waals surface area contributed by atoms with Crippen LogP contribution in [0.4, 0.5) is 0 Å². The number of thiazole rings is 1. The van der Waals surface area contributed by atoms with Gasteiger partial charge in [0.05, 0.1) is 0 Å². The highest BCUT2D eigenvalue weighted by Crippen LogP contribution is 2.34. The number of benzene rings is 1. The Morgan fingerprint density at radius 1 is 1.29 bits per heavy atom. The molecule has 2 heterocycles. The van der Waals surface area contributed by atoms with Gasteiger partial charge in [-0.2, -0.15) is 0 Å². The second-order valence-corrected chi connectivity index (χ2v) is 6.71. The van der Waals surface area contributed by atoms with Gasteiger partial charge in [-0.1, -0.05) is 30.3 Å². The van der Waals surface area contributed by atoms with E-state index in [-0.39, 0.29) is 23.7 Å². The van der Waals surface area contributed by atoms with Crippen molar-refractivity contribution < 1.29 is 9.53 Å². The number of carbonyl (C=O) groups excluding carboxylic acids is 1. The summed E-state index contributed by atoms with van der Waals surface area (Å²) in [5, 5.41) is 5.59. The van der Waals surface area contributed by atoms with Gasteiger partial charge in [-0.05, 0) is 18.4 Å². The minimum absolute atomic E-state index is 0. The summed E-state index contributed by atoms with van der Waals surface area (Å²) in [6.07, 6.45) is 1.81. The molecule has 1 saturated heterocycles. The Morgan fingerprint density at radius 2 is 2.00 bits per heavy atom. The van der Waals surface area contributed by atoms with Gasteiger partial charge < -0.3 is 15.8 Å². The summed E-state index contributed by atoms with van der Waals surface area (Å²) in [6.45, 7) is 2.40. The second kappa shape index (κ2) is 8.58. The van der Waals surface area contributed by atoms with Crippen molar-refractivity contribution >= 4 is 29.7 Å². The van der Waals surface area contributed by atoms with Crippen LogP contribution in [0.15, 0.2) is 35.7 Å². The van der Waals surface area contributed by atoms with Crippen molar-refractivity contribution in [2.24, 2.45) is 5.73 Å². The maximum absolute atomic E-state index is 12.4. The molecule has 1 aliphatic rings. The monoisotopic (exact) mass is 367 g/mol.